The van der Waals surface area contributed by atoms with Crippen LogP contribution in [0.25, 0.3) is 5.69 Å². The highest BCUT2D eigenvalue weighted by molar-refractivity contribution is 5.42. The summed E-state index contributed by atoms with van der Waals surface area (Å²) in [6, 6.07) is 10.7. The molecule has 2 aromatic rings. The first kappa shape index (κ1) is 12.7. The minimum atomic E-state index is 0.454. The van der Waals surface area contributed by atoms with Crippen LogP contribution in [0.2, 0.25) is 0 Å². The van der Waals surface area contributed by atoms with Gasteiger partial charge in [0.05, 0.1) is 0 Å². The lowest BCUT2D eigenvalue weighted by molar-refractivity contribution is 0.507. The Balaban J connectivity index is 2.23. The Bertz CT molecular complexity index is 473. The van der Waals surface area contributed by atoms with E-state index >= 15 is 0 Å². The number of rotatable bonds is 5. The van der Waals surface area contributed by atoms with Crippen molar-refractivity contribution in [3.05, 3.63) is 42.7 Å². The highest BCUT2D eigenvalue weighted by Crippen LogP contribution is 2.17. The van der Waals surface area contributed by atoms with Crippen LogP contribution in [0.3, 0.4) is 0 Å². The number of para-hydroxylation sites is 1. The van der Waals surface area contributed by atoms with Gasteiger partial charge < -0.3 is 5.32 Å². The number of nitrogens with zero attached hydrogens (tertiary/aromatic N) is 2. The molecule has 0 saturated carbocycles. The van der Waals surface area contributed by atoms with Crippen LogP contribution in [-0.4, -0.2) is 15.6 Å². The van der Waals surface area contributed by atoms with Gasteiger partial charge in [0.25, 0.3) is 0 Å². The molecule has 2 rings (SSSR count). The third kappa shape index (κ3) is 2.73. The number of hydrogen-bond donors (Lipinski definition) is 1. The average molecular weight is 243 g/mol. The van der Waals surface area contributed by atoms with E-state index in [1.165, 1.54) is 0 Å². The lowest BCUT2D eigenvalue weighted by Gasteiger charge is -2.21. The van der Waals surface area contributed by atoms with E-state index in [0.717, 1.165) is 18.1 Å². The zero-order valence-electron chi connectivity index (χ0n) is 11.3. The Hall–Kier alpha value is -1.77. The van der Waals surface area contributed by atoms with Gasteiger partial charge in [-0.05, 0) is 24.5 Å². The molecule has 0 aliphatic rings. The molecule has 1 aromatic carbocycles. The first-order chi connectivity index (χ1) is 8.72. The zero-order valence-corrected chi connectivity index (χ0v) is 11.3. The summed E-state index contributed by atoms with van der Waals surface area (Å²) in [6.07, 6.45) is 4.92. The van der Waals surface area contributed by atoms with Gasteiger partial charge >= 0.3 is 0 Å². The smallest absolute Gasteiger partial charge is 0.207 e. The van der Waals surface area contributed by atoms with Gasteiger partial charge in [0.15, 0.2) is 0 Å². The number of aromatic nitrogens is 2. The molecule has 0 saturated heterocycles. The van der Waals surface area contributed by atoms with Crippen LogP contribution in [0.5, 0.6) is 0 Å². The summed E-state index contributed by atoms with van der Waals surface area (Å²) in [5.74, 6) is 1.51. The number of nitrogens with one attached hydrogen (secondary N) is 1. The molecule has 0 fully saturated rings. The molecule has 1 atom stereocenters. The fraction of sp³-hybridized carbons (Fsp3) is 0.400. The molecule has 0 radical (unpaired) electrons. The summed E-state index contributed by atoms with van der Waals surface area (Å²) in [4.78, 5) is 4.41. The second kappa shape index (κ2) is 5.71. The highest BCUT2D eigenvalue weighted by atomic mass is 15.2. The van der Waals surface area contributed by atoms with Crippen molar-refractivity contribution in [2.45, 2.75) is 33.2 Å². The maximum absolute atomic E-state index is 4.41. The topological polar surface area (TPSA) is 29.9 Å². The van der Waals surface area contributed by atoms with Crippen molar-refractivity contribution in [3.8, 4) is 5.69 Å². The van der Waals surface area contributed by atoms with Gasteiger partial charge in [0, 0.05) is 24.1 Å². The van der Waals surface area contributed by atoms with Crippen molar-refractivity contribution >= 4 is 5.95 Å². The molecule has 3 nitrogen and oxygen atoms in total. The van der Waals surface area contributed by atoms with Gasteiger partial charge in [-0.15, -0.1) is 0 Å². The molecular formula is C15H21N3. The minimum absolute atomic E-state index is 0.454. The van der Waals surface area contributed by atoms with Gasteiger partial charge in [0.2, 0.25) is 5.95 Å². The minimum Gasteiger partial charge on any atom is -0.352 e. The van der Waals surface area contributed by atoms with E-state index in [0.29, 0.717) is 12.0 Å². The van der Waals surface area contributed by atoms with Crippen LogP contribution < -0.4 is 5.32 Å². The molecule has 1 aromatic heterocycles. The maximum Gasteiger partial charge on any atom is 0.207 e. The summed E-state index contributed by atoms with van der Waals surface area (Å²) in [7, 11) is 0. The second-order valence-corrected chi connectivity index (χ2v) is 4.86. The lowest BCUT2D eigenvalue weighted by Crippen LogP contribution is -2.26. The molecule has 1 unspecified atom stereocenters. The van der Waals surface area contributed by atoms with Gasteiger partial charge in [-0.3, -0.25) is 4.57 Å². The summed E-state index contributed by atoms with van der Waals surface area (Å²) in [5, 5.41) is 3.53. The fourth-order valence-electron chi connectivity index (χ4n) is 2.11. The molecule has 0 aliphatic heterocycles. The normalized spacial score (nSPS) is 12.7. The van der Waals surface area contributed by atoms with E-state index in [1.807, 2.05) is 30.6 Å². The Morgan fingerprint density at radius 1 is 1.22 bits per heavy atom. The quantitative estimate of drug-likeness (QED) is 0.867. The molecule has 0 aliphatic carbocycles. The second-order valence-electron chi connectivity index (χ2n) is 4.86. The molecule has 0 amide bonds. The fourth-order valence-corrected chi connectivity index (χ4v) is 2.11. The molecular weight excluding hydrogens is 222 g/mol. The monoisotopic (exact) mass is 243 g/mol. The molecule has 1 N–H and O–H groups in total. The van der Waals surface area contributed by atoms with E-state index in [1.54, 1.807) is 0 Å². The van der Waals surface area contributed by atoms with Crippen LogP contribution in [0.4, 0.5) is 5.95 Å². The van der Waals surface area contributed by atoms with Crippen LogP contribution in [0.1, 0.15) is 27.2 Å². The van der Waals surface area contributed by atoms with Crippen molar-refractivity contribution in [1.82, 2.24) is 9.55 Å². The molecule has 0 bridgehead atoms. The SMILES string of the molecule is CCC(Nc1nccn1-c1ccccc1)C(C)C. The van der Waals surface area contributed by atoms with Crippen LogP contribution in [0, 0.1) is 5.92 Å². The van der Waals surface area contributed by atoms with E-state index in [2.05, 4.69) is 47.8 Å². The number of imidazole rings is 1. The van der Waals surface area contributed by atoms with E-state index in [9.17, 15) is 0 Å². The van der Waals surface area contributed by atoms with E-state index in [4.69, 9.17) is 0 Å². The third-order valence-corrected chi connectivity index (χ3v) is 3.23. The predicted molar refractivity (Wildman–Crippen MR) is 76.1 cm³/mol. The Morgan fingerprint density at radius 3 is 2.56 bits per heavy atom. The van der Waals surface area contributed by atoms with Crippen molar-refractivity contribution in [2.24, 2.45) is 5.92 Å². The van der Waals surface area contributed by atoms with Gasteiger partial charge in [-0.2, -0.15) is 0 Å². The Kier molecular flexibility index (Phi) is 4.03. The lowest BCUT2D eigenvalue weighted by atomic mass is 10.0. The first-order valence-electron chi connectivity index (χ1n) is 6.57. The summed E-state index contributed by atoms with van der Waals surface area (Å²) >= 11 is 0. The van der Waals surface area contributed by atoms with Crippen molar-refractivity contribution < 1.29 is 0 Å². The van der Waals surface area contributed by atoms with E-state index in [-0.39, 0.29) is 0 Å². The third-order valence-electron chi connectivity index (χ3n) is 3.23. The van der Waals surface area contributed by atoms with E-state index < -0.39 is 0 Å². The summed E-state index contributed by atoms with van der Waals surface area (Å²) < 4.78 is 2.09. The predicted octanol–water partition coefficient (Wildman–Crippen LogP) is 3.72. The summed E-state index contributed by atoms with van der Waals surface area (Å²) in [5.41, 5.74) is 1.14. The largest absolute Gasteiger partial charge is 0.352 e. The van der Waals surface area contributed by atoms with Crippen LogP contribution >= 0.6 is 0 Å². The molecule has 96 valence electrons. The number of hydrogen-bond acceptors (Lipinski definition) is 2. The average Bonchev–Trinajstić information content (AvgIpc) is 2.84. The molecule has 0 spiro atoms. The molecule has 18 heavy (non-hydrogen) atoms. The van der Waals surface area contributed by atoms with Gasteiger partial charge in [0.1, 0.15) is 0 Å². The van der Waals surface area contributed by atoms with Crippen molar-refractivity contribution in [3.63, 3.8) is 0 Å². The Labute approximate surface area is 109 Å². The summed E-state index contributed by atoms with van der Waals surface area (Å²) in [6.45, 7) is 6.67. The highest BCUT2D eigenvalue weighted by Gasteiger charge is 2.13. The van der Waals surface area contributed by atoms with Gasteiger partial charge in [-0.25, -0.2) is 4.98 Å². The van der Waals surface area contributed by atoms with Crippen molar-refractivity contribution in [1.29, 1.82) is 0 Å². The standard InChI is InChI=1S/C15H21N3/c1-4-14(12(2)3)17-15-16-10-11-18(15)13-8-6-5-7-9-13/h5-12,14H,4H2,1-3H3,(H,16,17). The van der Waals surface area contributed by atoms with Gasteiger partial charge in [-0.1, -0.05) is 39.0 Å². The van der Waals surface area contributed by atoms with Crippen LogP contribution in [-0.2, 0) is 0 Å². The van der Waals surface area contributed by atoms with Crippen LogP contribution in [0.15, 0.2) is 42.7 Å². The maximum atomic E-state index is 4.41. The number of anilines is 1. The zero-order chi connectivity index (χ0) is 13.0. The van der Waals surface area contributed by atoms with Crippen molar-refractivity contribution in [2.75, 3.05) is 5.32 Å². The molecule has 3 heteroatoms. The Morgan fingerprint density at radius 2 is 1.94 bits per heavy atom. The molecule has 1 heterocycles. The number of benzene rings is 1. The first-order valence-corrected chi connectivity index (χ1v) is 6.57.